The molecule has 182 valence electrons. The molecule has 0 aromatic heterocycles. The number of anilines is 1. The van der Waals surface area contributed by atoms with Crippen molar-refractivity contribution in [3.63, 3.8) is 0 Å². The second-order valence-corrected chi connectivity index (χ2v) is 9.04. The predicted molar refractivity (Wildman–Crippen MR) is 141 cm³/mol. The number of amides is 2. The topological polar surface area (TPSA) is 89.0 Å². The molecule has 0 aliphatic carbocycles. The number of nitrogens with zero attached hydrogens (tertiary/aromatic N) is 1. The maximum absolute atomic E-state index is 12.8. The fourth-order valence-electron chi connectivity index (χ4n) is 3.31. The molecular formula is C27H28BrN3O4. The zero-order chi connectivity index (χ0) is 25.2. The predicted octanol–water partition coefficient (Wildman–Crippen LogP) is 5.40. The minimum atomic E-state index is -0.918. The fourth-order valence-corrected chi connectivity index (χ4v) is 3.58. The molecule has 1 unspecified atom stereocenters. The molecule has 3 rings (SSSR count). The van der Waals surface area contributed by atoms with Crippen molar-refractivity contribution in [2.75, 3.05) is 12.4 Å². The average Bonchev–Trinajstić information content (AvgIpc) is 2.84. The number of carbonyl (C=O) groups excluding carboxylic acids is 2. The van der Waals surface area contributed by atoms with E-state index < -0.39 is 17.7 Å². The van der Waals surface area contributed by atoms with E-state index >= 15 is 0 Å². The van der Waals surface area contributed by atoms with Gasteiger partial charge in [-0.3, -0.25) is 9.59 Å². The van der Waals surface area contributed by atoms with E-state index in [1.54, 1.807) is 31.4 Å². The van der Waals surface area contributed by atoms with Crippen LogP contribution < -0.4 is 20.2 Å². The Bertz CT molecular complexity index is 1160. The van der Waals surface area contributed by atoms with Crippen LogP contribution in [0.4, 0.5) is 5.69 Å². The summed E-state index contributed by atoms with van der Waals surface area (Å²) in [4.78, 5) is 25.6. The Hall–Kier alpha value is -3.65. The second-order valence-electron chi connectivity index (χ2n) is 8.13. The number of methoxy groups -OCH3 is 1. The Balaban J connectivity index is 1.62. The van der Waals surface area contributed by atoms with Gasteiger partial charge in [0.2, 0.25) is 5.91 Å². The van der Waals surface area contributed by atoms with Gasteiger partial charge >= 0.3 is 0 Å². The quantitative estimate of drug-likeness (QED) is 0.206. The van der Waals surface area contributed by atoms with Crippen LogP contribution in [-0.2, 0) is 16.2 Å². The van der Waals surface area contributed by atoms with Crippen molar-refractivity contribution in [2.24, 2.45) is 16.9 Å². The number of carbonyl (C=O) groups is 2. The first-order valence-corrected chi connectivity index (χ1v) is 11.9. The van der Waals surface area contributed by atoms with Crippen LogP contribution in [0, 0.1) is 11.8 Å². The maximum atomic E-state index is 12.8. The molecule has 0 saturated heterocycles. The van der Waals surface area contributed by atoms with Crippen LogP contribution in [0.2, 0.25) is 0 Å². The smallest absolute Gasteiger partial charge is 0.252 e. The summed E-state index contributed by atoms with van der Waals surface area (Å²) in [6, 6.07) is 22.2. The third kappa shape index (κ3) is 7.68. The Morgan fingerprint density at radius 3 is 2.31 bits per heavy atom. The summed E-state index contributed by atoms with van der Waals surface area (Å²) in [6.07, 6.45) is 1.51. The van der Waals surface area contributed by atoms with Gasteiger partial charge in [-0.05, 0) is 60.0 Å². The van der Waals surface area contributed by atoms with Gasteiger partial charge in [0, 0.05) is 15.7 Å². The highest BCUT2D eigenvalue weighted by molar-refractivity contribution is 9.10. The minimum absolute atomic E-state index is 0.232. The lowest BCUT2D eigenvalue weighted by Gasteiger charge is -2.18. The van der Waals surface area contributed by atoms with Gasteiger partial charge in [0.25, 0.3) is 5.91 Å². The van der Waals surface area contributed by atoms with Crippen LogP contribution in [0.3, 0.4) is 0 Å². The maximum Gasteiger partial charge on any atom is 0.252 e. The zero-order valence-electron chi connectivity index (χ0n) is 19.8. The van der Waals surface area contributed by atoms with Crippen molar-refractivity contribution in [3.05, 3.63) is 88.4 Å². The van der Waals surface area contributed by atoms with Gasteiger partial charge < -0.3 is 14.8 Å². The number of halogens is 1. The van der Waals surface area contributed by atoms with Crippen LogP contribution in [0.25, 0.3) is 0 Å². The lowest BCUT2D eigenvalue weighted by atomic mass is 9.94. The van der Waals surface area contributed by atoms with Crippen molar-refractivity contribution < 1.29 is 19.1 Å². The number of nitrogens with one attached hydrogen (secondary N) is 2. The molecular weight excluding hydrogens is 510 g/mol. The van der Waals surface area contributed by atoms with Crippen LogP contribution in [-0.4, -0.2) is 25.1 Å². The molecule has 0 bridgehead atoms. The van der Waals surface area contributed by atoms with Crippen molar-refractivity contribution in [1.82, 2.24) is 5.43 Å². The first-order chi connectivity index (χ1) is 16.9. The molecule has 3 aromatic rings. The summed E-state index contributed by atoms with van der Waals surface area (Å²) < 4.78 is 12.1. The molecule has 2 amide bonds. The van der Waals surface area contributed by atoms with Crippen molar-refractivity contribution in [2.45, 2.75) is 20.5 Å². The monoisotopic (exact) mass is 537 g/mol. The second kappa shape index (κ2) is 12.7. The van der Waals surface area contributed by atoms with E-state index in [2.05, 4.69) is 31.8 Å². The number of para-hydroxylation sites is 1. The number of hydrogen-bond donors (Lipinski definition) is 2. The first kappa shape index (κ1) is 26.0. The number of ether oxygens (including phenoxy) is 2. The first-order valence-electron chi connectivity index (χ1n) is 11.1. The Morgan fingerprint density at radius 2 is 1.66 bits per heavy atom. The molecule has 0 radical (unpaired) electrons. The molecule has 0 saturated carbocycles. The minimum Gasteiger partial charge on any atom is -0.497 e. The van der Waals surface area contributed by atoms with Crippen molar-refractivity contribution >= 4 is 39.6 Å². The van der Waals surface area contributed by atoms with Crippen LogP contribution >= 0.6 is 15.9 Å². The van der Waals surface area contributed by atoms with E-state index in [9.17, 15) is 9.59 Å². The summed E-state index contributed by atoms with van der Waals surface area (Å²) in [7, 11) is 1.57. The van der Waals surface area contributed by atoms with Crippen molar-refractivity contribution in [3.8, 4) is 11.5 Å². The summed E-state index contributed by atoms with van der Waals surface area (Å²) >= 11 is 3.42. The molecule has 7 nitrogen and oxygen atoms in total. The van der Waals surface area contributed by atoms with Gasteiger partial charge in [0.05, 0.1) is 13.3 Å². The number of hydrazone groups is 1. The van der Waals surface area contributed by atoms with E-state index in [0.717, 1.165) is 10.0 Å². The molecule has 1 atom stereocenters. The summed E-state index contributed by atoms with van der Waals surface area (Å²) in [5.41, 5.74) is 4.80. The van der Waals surface area contributed by atoms with Gasteiger partial charge in [-0.2, -0.15) is 5.10 Å². The molecule has 2 N–H and O–H groups in total. The Morgan fingerprint density at radius 1 is 0.971 bits per heavy atom. The highest BCUT2D eigenvalue weighted by Crippen LogP contribution is 2.20. The normalized spacial score (nSPS) is 11.8. The highest BCUT2D eigenvalue weighted by Gasteiger charge is 2.30. The van der Waals surface area contributed by atoms with E-state index in [0.29, 0.717) is 29.4 Å². The molecule has 0 aliphatic rings. The third-order valence-corrected chi connectivity index (χ3v) is 5.72. The van der Waals surface area contributed by atoms with Gasteiger partial charge in [0.15, 0.2) is 0 Å². The zero-order valence-corrected chi connectivity index (χ0v) is 21.4. The number of rotatable bonds is 10. The molecule has 35 heavy (non-hydrogen) atoms. The molecule has 3 aromatic carbocycles. The third-order valence-electron chi connectivity index (χ3n) is 5.19. The lowest BCUT2D eigenvalue weighted by Crippen LogP contribution is -2.39. The fraction of sp³-hybridized carbons (Fsp3) is 0.222. The Labute approximate surface area is 213 Å². The van der Waals surface area contributed by atoms with E-state index in [4.69, 9.17) is 9.47 Å². The molecule has 0 spiro atoms. The average molecular weight is 538 g/mol. The largest absolute Gasteiger partial charge is 0.497 e. The SMILES string of the molecule is COc1ccc(NC(=O)C(C(=O)NN=Cc2ccccc2OCc2ccc(Br)cc2)C(C)C)cc1. The summed E-state index contributed by atoms with van der Waals surface area (Å²) in [6.45, 7) is 4.02. The van der Waals surface area contributed by atoms with Gasteiger partial charge in [0.1, 0.15) is 24.0 Å². The standard InChI is InChI=1S/C27H28BrN3O4/c1-18(2)25(26(32)30-22-12-14-23(34-3)15-13-22)27(33)31-29-16-20-6-4-5-7-24(20)35-17-19-8-10-21(28)11-9-19/h4-16,18,25H,17H2,1-3H3,(H,30,32)(H,31,33). The van der Waals surface area contributed by atoms with Gasteiger partial charge in [-0.15, -0.1) is 0 Å². The lowest BCUT2D eigenvalue weighted by molar-refractivity contribution is -0.134. The molecule has 0 fully saturated rings. The molecule has 0 aliphatic heterocycles. The number of benzene rings is 3. The van der Waals surface area contributed by atoms with E-state index in [1.807, 2.05) is 62.4 Å². The van der Waals surface area contributed by atoms with E-state index in [-0.39, 0.29) is 5.92 Å². The van der Waals surface area contributed by atoms with Crippen molar-refractivity contribution in [1.29, 1.82) is 0 Å². The molecule has 0 heterocycles. The Kier molecular flexibility index (Phi) is 9.43. The van der Waals surface area contributed by atoms with Gasteiger partial charge in [-0.1, -0.05) is 54.0 Å². The van der Waals surface area contributed by atoms with E-state index in [1.165, 1.54) is 6.21 Å². The van der Waals surface area contributed by atoms with Gasteiger partial charge in [-0.25, -0.2) is 5.43 Å². The number of hydrogen-bond acceptors (Lipinski definition) is 5. The van der Waals surface area contributed by atoms with Crippen LogP contribution in [0.1, 0.15) is 25.0 Å². The van der Waals surface area contributed by atoms with Crippen LogP contribution in [0.5, 0.6) is 11.5 Å². The van der Waals surface area contributed by atoms with Crippen LogP contribution in [0.15, 0.2) is 82.4 Å². The summed E-state index contributed by atoms with van der Waals surface area (Å²) in [5.74, 6) is -0.739. The highest BCUT2D eigenvalue weighted by atomic mass is 79.9. The summed E-state index contributed by atoms with van der Waals surface area (Å²) in [5, 5.41) is 6.86. The molecule has 8 heteroatoms.